The van der Waals surface area contributed by atoms with Crippen molar-refractivity contribution in [3.8, 4) is 0 Å². The molecule has 1 aliphatic heterocycles. The molecular weight excluding hydrogens is 266 g/mol. The van der Waals surface area contributed by atoms with Crippen LogP contribution in [0.3, 0.4) is 0 Å². The van der Waals surface area contributed by atoms with Gasteiger partial charge in [-0.25, -0.2) is 12.7 Å². The molecule has 104 valence electrons. The van der Waals surface area contributed by atoms with Gasteiger partial charge in [-0.2, -0.15) is 0 Å². The number of hydrogen-bond donors (Lipinski definition) is 1. The van der Waals surface area contributed by atoms with Gasteiger partial charge in [0.2, 0.25) is 0 Å². The molecule has 0 radical (unpaired) electrons. The molecule has 0 saturated carbocycles. The largest absolute Gasteiger partial charge is 0.394 e. The van der Waals surface area contributed by atoms with E-state index >= 15 is 0 Å². The minimum atomic E-state index is -3.66. The van der Waals surface area contributed by atoms with E-state index in [0.29, 0.717) is 6.42 Å². The molecule has 0 aromatic heterocycles. The topological polar surface area (TPSA) is 74.7 Å². The molecule has 1 aromatic rings. The maximum absolute atomic E-state index is 12.1. The third kappa shape index (κ3) is 2.04. The fraction of sp³-hybridized carbons (Fsp3) is 0.462. The van der Waals surface area contributed by atoms with Crippen LogP contribution < -0.4 is 0 Å². The second-order valence-corrected chi connectivity index (χ2v) is 7.51. The molecule has 1 atom stereocenters. The summed E-state index contributed by atoms with van der Waals surface area (Å²) in [6, 6.07) is 8.47. The van der Waals surface area contributed by atoms with Gasteiger partial charge in [0.15, 0.2) is 4.75 Å². The highest BCUT2D eigenvalue weighted by atomic mass is 32.2. The Labute approximate surface area is 112 Å². The van der Waals surface area contributed by atoms with Crippen molar-refractivity contribution in [2.75, 3.05) is 6.61 Å². The summed E-state index contributed by atoms with van der Waals surface area (Å²) in [7, 11) is -3.66. The van der Waals surface area contributed by atoms with Crippen molar-refractivity contribution in [3.05, 3.63) is 35.9 Å². The van der Waals surface area contributed by atoms with Crippen LogP contribution in [0.5, 0.6) is 0 Å². The molecule has 1 amide bonds. The summed E-state index contributed by atoms with van der Waals surface area (Å²) >= 11 is 0. The van der Waals surface area contributed by atoms with Crippen molar-refractivity contribution >= 4 is 15.9 Å². The normalized spacial score (nSPS) is 21.8. The summed E-state index contributed by atoms with van der Waals surface area (Å²) in [6.07, 6.45) is 0.318. The zero-order valence-electron chi connectivity index (χ0n) is 10.9. The fourth-order valence-electron chi connectivity index (χ4n) is 2.16. The highest BCUT2D eigenvalue weighted by Crippen LogP contribution is 2.37. The Morgan fingerprint density at radius 1 is 1.26 bits per heavy atom. The van der Waals surface area contributed by atoms with Crippen LogP contribution >= 0.6 is 0 Å². The van der Waals surface area contributed by atoms with E-state index in [1.807, 2.05) is 30.3 Å². The molecule has 0 bridgehead atoms. The first kappa shape index (κ1) is 14.0. The average Bonchev–Trinajstić information content (AvgIpc) is 2.38. The molecule has 0 unspecified atom stereocenters. The van der Waals surface area contributed by atoms with E-state index in [1.54, 1.807) is 0 Å². The lowest BCUT2D eigenvalue weighted by Crippen LogP contribution is -2.70. The van der Waals surface area contributed by atoms with Gasteiger partial charge in [0.1, 0.15) is 0 Å². The number of hydrogen-bond acceptors (Lipinski definition) is 4. The Balaban J connectivity index is 2.23. The molecule has 1 aromatic carbocycles. The van der Waals surface area contributed by atoms with E-state index in [-0.39, 0.29) is 6.61 Å². The van der Waals surface area contributed by atoms with E-state index in [9.17, 15) is 18.3 Å². The molecule has 5 nitrogen and oxygen atoms in total. The van der Waals surface area contributed by atoms with Crippen LogP contribution in [-0.4, -0.2) is 41.1 Å². The lowest BCUT2D eigenvalue weighted by Gasteiger charge is -2.46. The molecule has 19 heavy (non-hydrogen) atoms. The van der Waals surface area contributed by atoms with Crippen molar-refractivity contribution in [1.29, 1.82) is 0 Å². The van der Waals surface area contributed by atoms with Crippen molar-refractivity contribution in [2.45, 2.75) is 31.1 Å². The first-order chi connectivity index (χ1) is 8.82. The molecular formula is C13H17NO4S. The molecule has 1 fully saturated rings. The van der Waals surface area contributed by atoms with E-state index < -0.39 is 26.7 Å². The van der Waals surface area contributed by atoms with Gasteiger partial charge in [0.05, 0.1) is 12.6 Å². The van der Waals surface area contributed by atoms with Crippen LogP contribution in [0, 0.1) is 0 Å². The van der Waals surface area contributed by atoms with Crippen LogP contribution in [0.15, 0.2) is 30.3 Å². The monoisotopic (exact) mass is 283 g/mol. The van der Waals surface area contributed by atoms with Gasteiger partial charge in [-0.05, 0) is 25.8 Å². The summed E-state index contributed by atoms with van der Waals surface area (Å²) in [4.78, 5) is 11.9. The number of nitrogens with zero attached hydrogens (tertiary/aromatic N) is 1. The van der Waals surface area contributed by atoms with E-state index in [1.165, 1.54) is 13.8 Å². The number of sulfonamides is 1. The van der Waals surface area contributed by atoms with Gasteiger partial charge in [-0.3, -0.25) is 4.79 Å². The van der Waals surface area contributed by atoms with Crippen molar-refractivity contribution in [2.24, 2.45) is 0 Å². The Morgan fingerprint density at radius 3 is 2.32 bits per heavy atom. The molecule has 6 heteroatoms. The number of benzene rings is 1. The second kappa shape index (κ2) is 4.61. The van der Waals surface area contributed by atoms with Crippen LogP contribution in [0.25, 0.3) is 0 Å². The highest BCUT2D eigenvalue weighted by molar-refractivity contribution is 7.94. The molecule has 0 spiro atoms. The van der Waals surface area contributed by atoms with Crippen molar-refractivity contribution in [3.63, 3.8) is 0 Å². The molecule has 0 aliphatic carbocycles. The second-order valence-electron chi connectivity index (χ2n) is 5.14. The van der Waals surface area contributed by atoms with Crippen LogP contribution in [0.2, 0.25) is 0 Å². The minimum Gasteiger partial charge on any atom is -0.394 e. The van der Waals surface area contributed by atoms with Gasteiger partial charge < -0.3 is 5.11 Å². The van der Waals surface area contributed by atoms with Crippen LogP contribution in [0.4, 0.5) is 0 Å². The van der Waals surface area contributed by atoms with Gasteiger partial charge >= 0.3 is 0 Å². The average molecular weight is 283 g/mol. The molecule has 1 aliphatic rings. The summed E-state index contributed by atoms with van der Waals surface area (Å²) < 4.78 is 23.6. The van der Waals surface area contributed by atoms with Gasteiger partial charge in [-0.15, -0.1) is 0 Å². The third-order valence-electron chi connectivity index (χ3n) is 3.48. The number of carbonyl (C=O) groups is 1. The van der Waals surface area contributed by atoms with Crippen LogP contribution in [-0.2, 0) is 21.2 Å². The van der Waals surface area contributed by atoms with E-state index in [4.69, 9.17) is 0 Å². The minimum absolute atomic E-state index is 0.318. The Hall–Kier alpha value is -1.40. The Kier molecular flexibility index (Phi) is 3.40. The highest BCUT2D eigenvalue weighted by Gasteiger charge is 2.62. The maximum atomic E-state index is 12.1. The first-order valence-corrected chi connectivity index (χ1v) is 7.49. The molecule has 1 heterocycles. The van der Waals surface area contributed by atoms with Gasteiger partial charge in [0.25, 0.3) is 15.9 Å². The summed E-state index contributed by atoms with van der Waals surface area (Å²) in [5, 5.41) is 9.38. The molecule has 1 saturated heterocycles. The van der Waals surface area contributed by atoms with Crippen LogP contribution in [0.1, 0.15) is 19.4 Å². The Bertz CT molecular complexity index is 580. The number of aliphatic hydroxyl groups is 1. The smallest absolute Gasteiger partial charge is 0.259 e. The number of carbonyl (C=O) groups excluding carboxylic acids is 1. The predicted octanol–water partition coefficient (Wildman–Crippen LogP) is 0.541. The fourth-order valence-corrected chi connectivity index (χ4v) is 3.82. The van der Waals surface area contributed by atoms with Gasteiger partial charge in [-0.1, -0.05) is 30.3 Å². The lowest BCUT2D eigenvalue weighted by atomic mass is 10.0. The lowest BCUT2D eigenvalue weighted by molar-refractivity contribution is -0.134. The van der Waals surface area contributed by atoms with Gasteiger partial charge in [0, 0.05) is 0 Å². The summed E-state index contributed by atoms with van der Waals surface area (Å²) in [6.45, 7) is 2.40. The number of aliphatic hydroxyl groups excluding tert-OH is 1. The standard InChI is InChI=1S/C13H17NO4S/c1-13(2)12(16)14(19(13,17)18)11(9-15)8-10-6-4-3-5-7-10/h3-7,11,15H,8-9H2,1-2H3/t11-/m1/s1. The zero-order chi connectivity index (χ0) is 14.3. The molecule has 1 N–H and O–H groups in total. The van der Waals surface area contributed by atoms with Crippen molar-refractivity contribution in [1.82, 2.24) is 4.31 Å². The maximum Gasteiger partial charge on any atom is 0.259 e. The van der Waals surface area contributed by atoms with E-state index in [2.05, 4.69) is 0 Å². The van der Waals surface area contributed by atoms with Crippen molar-refractivity contribution < 1.29 is 18.3 Å². The molecule has 2 rings (SSSR count). The number of amides is 1. The number of rotatable bonds is 4. The zero-order valence-corrected chi connectivity index (χ0v) is 11.7. The predicted molar refractivity (Wildman–Crippen MR) is 70.9 cm³/mol. The first-order valence-electron chi connectivity index (χ1n) is 6.05. The summed E-state index contributed by atoms with van der Waals surface area (Å²) in [5.41, 5.74) is 0.884. The Morgan fingerprint density at radius 2 is 1.84 bits per heavy atom. The summed E-state index contributed by atoms with van der Waals surface area (Å²) in [5.74, 6) is -0.456. The quantitative estimate of drug-likeness (QED) is 0.875. The SMILES string of the molecule is CC1(C)C(=O)N([C@@H](CO)Cc2ccccc2)S1(=O)=O. The van der Waals surface area contributed by atoms with E-state index in [0.717, 1.165) is 9.87 Å². The third-order valence-corrected chi connectivity index (χ3v) is 5.92.